The fourth-order valence-corrected chi connectivity index (χ4v) is 1.69. The van der Waals surface area contributed by atoms with E-state index in [1.54, 1.807) is 0 Å². The standard InChI is InChI=1S/C9H16N2/c1-7(2)9-4-8(3)11(5-9)6-10/h7-9H,4-5H2,1-3H3/t8-,9-/m0/s1. The summed E-state index contributed by atoms with van der Waals surface area (Å²) < 4.78 is 0. The zero-order chi connectivity index (χ0) is 8.43. The molecule has 1 aliphatic rings. The van der Waals surface area contributed by atoms with Crippen molar-refractivity contribution in [2.24, 2.45) is 11.8 Å². The minimum Gasteiger partial charge on any atom is -0.308 e. The highest BCUT2D eigenvalue weighted by Crippen LogP contribution is 2.27. The maximum Gasteiger partial charge on any atom is 0.179 e. The van der Waals surface area contributed by atoms with Crippen molar-refractivity contribution in [1.29, 1.82) is 5.26 Å². The van der Waals surface area contributed by atoms with Gasteiger partial charge < -0.3 is 4.90 Å². The Bertz CT molecular complexity index is 169. The number of hydrogen-bond acceptors (Lipinski definition) is 2. The minimum absolute atomic E-state index is 0.465. The van der Waals surface area contributed by atoms with E-state index in [9.17, 15) is 0 Å². The first-order valence-electron chi connectivity index (χ1n) is 4.31. The number of nitriles is 1. The van der Waals surface area contributed by atoms with E-state index in [0.717, 1.165) is 18.4 Å². The smallest absolute Gasteiger partial charge is 0.179 e. The number of nitrogens with zero attached hydrogens (tertiary/aromatic N) is 2. The molecule has 0 N–H and O–H groups in total. The predicted octanol–water partition coefficient (Wildman–Crippen LogP) is 1.83. The SMILES string of the molecule is CC(C)[C@H]1C[C@H](C)N(C#N)C1. The van der Waals surface area contributed by atoms with Crippen LogP contribution < -0.4 is 0 Å². The van der Waals surface area contributed by atoms with Gasteiger partial charge in [-0.25, -0.2) is 0 Å². The normalized spacial score (nSPS) is 31.0. The van der Waals surface area contributed by atoms with Crippen molar-refractivity contribution in [3.05, 3.63) is 0 Å². The quantitative estimate of drug-likeness (QED) is 0.536. The molecule has 62 valence electrons. The Hall–Kier alpha value is -0.710. The number of rotatable bonds is 1. The zero-order valence-corrected chi connectivity index (χ0v) is 7.54. The molecule has 1 saturated heterocycles. The molecule has 0 saturated carbocycles. The van der Waals surface area contributed by atoms with Crippen molar-refractivity contribution in [3.8, 4) is 6.19 Å². The zero-order valence-electron chi connectivity index (χ0n) is 7.54. The van der Waals surface area contributed by atoms with E-state index in [1.165, 1.54) is 6.42 Å². The summed E-state index contributed by atoms with van der Waals surface area (Å²) in [7, 11) is 0. The molecule has 0 aromatic rings. The topological polar surface area (TPSA) is 27.0 Å². The first-order chi connectivity index (χ1) is 5.15. The maximum absolute atomic E-state index is 8.71. The Morgan fingerprint density at radius 1 is 1.55 bits per heavy atom. The van der Waals surface area contributed by atoms with Crippen molar-refractivity contribution in [1.82, 2.24) is 4.90 Å². The Labute approximate surface area is 68.8 Å². The van der Waals surface area contributed by atoms with Gasteiger partial charge in [-0.05, 0) is 25.2 Å². The van der Waals surface area contributed by atoms with Crippen LogP contribution in [-0.4, -0.2) is 17.5 Å². The maximum atomic E-state index is 8.71. The third kappa shape index (κ3) is 1.65. The minimum atomic E-state index is 0.465. The van der Waals surface area contributed by atoms with Crippen LogP contribution in [0.4, 0.5) is 0 Å². The first-order valence-corrected chi connectivity index (χ1v) is 4.31. The molecular weight excluding hydrogens is 136 g/mol. The van der Waals surface area contributed by atoms with Gasteiger partial charge in [-0.2, -0.15) is 5.26 Å². The summed E-state index contributed by atoms with van der Waals surface area (Å²) in [6, 6.07) is 0.465. The van der Waals surface area contributed by atoms with E-state index in [4.69, 9.17) is 5.26 Å². The highest BCUT2D eigenvalue weighted by Gasteiger charge is 2.29. The molecular formula is C9H16N2. The summed E-state index contributed by atoms with van der Waals surface area (Å²) in [4.78, 5) is 1.89. The fourth-order valence-electron chi connectivity index (χ4n) is 1.69. The monoisotopic (exact) mass is 152 g/mol. The lowest BCUT2D eigenvalue weighted by atomic mass is 9.94. The van der Waals surface area contributed by atoms with Crippen LogP contribution >= 0.6 is 0 Å². The van der Waals surface area contributed by atoms with Gasteiger partial charge >= 0.3 is 0 Å². The van der Waals surface area contributed by atoms with E-state index in [-0.39, 0.29) is 0 Å². The summed E-state index contributed by atoms with van der Waals surface area (Å²) in [6.07, 6.45) is 3.42. The van der Waals surface area contributed by atoms with Crippen LogP contribution in [0.2, 0.25) is 0 Å². The van der Waals surface area contributed by atoms with Crippen molar-refractivity contribution in [2.75, 3.05) is 6.54 Å². The van der Waals surface area contributed by atoms with E-state index >= 15 is 0 Å². The Kier molecular flexibility index (Phi) is 2.38. The average molecular weight is 152 g/mol. The van der Waals surface area contributed by atoms with Gasteiger partial charge in [0.05, 0.1) is 0 Å². The lowest BCUT2D eigenvalue weighted by molar-refractivity contribution is 0.364. The molecule has 2 heteroatoms. The molecule has 1 rings (SSSR count). The summed E-state index contributed by atoms with van der Waals surface area (Å²) in [5, 5.41) is 8.71. The van der Waals surface area contributed by atoms with Gasteiger partial charge in [0.15, 0.2) is 6.19 Å². The largest absolute Gasteiger partial charge is 0.308 e. The second-order valence-electron chi connectivity index (χ2n) is 3.84. The van der Waals surface area contributed by atoms with E-state index in [2.05, 4.69) is 27.0 Å². The molecule has 1 heterocycles. The summed E-state index contributed by atoms with van der Waals surface area (Å²) >= 11 is 0. The van der Waals surface area contributed by atoms with Gasteiger partial charge in [-0.1, -0.05) is 13.8 Å². The van der Waals surface area contributed by atoms with Gasteiger partial charge in [0.25, 0.3) is 0 Å². The average Bonchev–Trinajstić information content (AvgIpc) is 2.31. The molecule has 0 aromatic heterocycles. The van der Waals surface area contributed by atoms with Gasteiger partial charge in [-0.15, -0.1) is 0 Å². The second kappa shape index (κ2) is 3.13. The van der Waals surface area contributed by atoms with Crippen molar-refractivity contribution >= 4 is 0 Å². The third-order valence-corrected chi connectivity index (χ3v) is 2.68. The summed E-state index contributed by atoms with van der Waals surface area (Å²) in [5.74, 6) is 1.44. The van der Waals surface area contributed by atoms with Crippen molar-refractivity contribution < 1.29 is 0 Å². The molecule has 2 atom stereocenters. The summed E-state index contributed by atoms with van der Waals surface area (Å²) in [5.41, 5.74) is 0. The van der Waals surface area contributed by atoms with Crippen LogP contribution in [0, 0.1) is 23.3 Å². The Morgan fingerprint density at radius 2 is 2.18 bits per heavy atom. The van der Waals surface area contributed by atoms with E-state index in [1.807, 2.05) is 4.90 Å². The lowest BCUT2D eigenvalue weighted by Gasteiger charge is -2.12. The summed E-state index contributed by atoms with van der Waals surface area (Å²) in [6.45, 7) is 7.57. The van der Waals surface area contributed by atoms with Gasteiger partial charge in [0, 0.05) is 12.6 Å². The molecule has 1 fully saturated rings. The molecule has 0 spiro atoms. The Balaban J connectivity index is 2.51. The second-order valence-corrected chi connectivity index (χ2v) is 3.84. The van der Waals surface area contributed by atoms with Crippen LogP contribution in [0.25, 0.3) is 0 Å². The van der Waals surface area contributed by atoms with Crippen LogP contribution in [0.5, 0.6) is 0 Å². The van der Waals surface area contributed by atoms with Crippen LogP contribution in [-0.2, 0) is 0 Å². The van der Waals surface area contributed by atoms with Gasteiger partial charge in [0.2, 0.25) is 0 Å². The molecule has 0 bridgehead atoms. The molecule has 1 aliphatic heterocycles. The van der Waals surface area contributed by atoms with Crippen LogP contribution in [0.3, 0.4) is 0 Å². The van der Waals surface area contributed by atoms with Gasteiger partial charge in [-0.3, -0.25) is 0 Å². The van der Waals surface area contributed by atoms with Crippen molar-refractivity contribution in [2.45, 2.75) is 33.2 Å². The molecule has 0 amide bonds. The lowest BCUT2D eigenvalue weighted by Crippen LogP contribution is -2.21. The molecule has 0 aliphatic carbocycles. The Morgan fingerprint density at radius 3 is 2.45 bits per heavy atom. The van der Waals surface area contributed by atoms with E-state index < -0.39 is 0 Å². The van der Waals surface area contributed by atoms with Crippen molar-refractivity contribution in [3.63, 3.8) is 0 Å². The first kappa shape index (κ1) is 8.39. The highest BCUT2D eigenvalue weighted by atomic mass is 15.2. The highest BCUT2D eigenvalue weighted by molar-refractivity contribution is 4.90. The number of hydrogen-bond donors (Lipinski definition) is 0. The van der Waals surface area contributed by atoms with E-state index in [0.29, 0.717) is 6.04 Å². The van der Waals surface area contributed by atoms with Crippen LogP contribution in [0.15, 0.2) is 0 Å². The molecule has 0 aromatic carbocycles. The third-order valence-electron chi connectivity index (χ3n) is 2.68. The van der Waals surface area contributed by atoms with Gasteiger partial charge in [0.1, 0.15) is 0 Å². The number of likely N-dealkylation sites (tertiary alicyclic amines) is 1. The van der Waals surface area contributed by atoms with Crippen LogP contribution in [0.1, 0.15) is 27.2 Å². The predicted molar refractivity (Wildman–Crippen MR) is 44.7 cm³/mol. The molecule has 11 heavy (non-hydrogen) atoms. The molecule has 0 radical (unpaired) electrons. The molecule has 0 unspecified atom stereocenters. The molecule has 2 nitrogen and oxygen atoms in total. The fraction of sp³-hybridized carbons (Fsp3) is 0.889.